The highest BCUT2D eigenvalue weighted by Gasteiger charge is 2.29. The Morgan fingerprint density at radius 3 is 2.29 bits per heavy atom. The third kappa shape index (κ3) is 4.73. The van der Waals surface area contributed by atoms with Gasteiger partial charge in [-0.1, -0.05) is 31.4 Å². The predicted octanol–water partition coefficient (Wildman–Crippen LogP) is 3.73. The molecule has 2 aliphatic rings. The molecule has 130 valence electrons. The third-order valence-corrected chi connectivity index (χ3v) is 4.91. The van der Waals surface area contributed by atoms with E-state index in [-0.39, 0.29) is 23.9 Å². The number of anilines is 1. The molecule has 2 fully saturated rings. The van der Waals surface area contributed by atoms with Gasteiger partial charge in [0.1, 0.15) is 0 Å². The summed E-state index contributed by atoms with van der Waals surface area (Å²) in [5.41, 5.74) is 1.84. The maximum absolute atomic E-state index is 12.1. The number of amides is 3. The topological polar surface area (TPSA) is 70.2 Å². The Labute approximate surface area is 143 Å². The average Bonchev–Trinajstić information content (AvgIpc) is 3.41. The van der Waals surface area contributed by atoms with Crippen LogP contribution < -0.4 is 16.0 Å². The van der Waals surface area contributed by atoms with E-state index in [9.17, 15) is 9.59 Å². The quantitative estimate of drug-likeness (QED) is 0.770. The van der Waals surface area contributed by atoms with Crippen molar-refractivity contribution in [2.24, 2.45) is 5.92 Å². The van der Waals surface area contributed by atoms with E-state index in [4.69, 9.17) is 0 Å². The number of nitrogens with one attached hydrogen (secondary N) is 3. The van der Waals surface area contributed by atoms with Crippen molar-refractivity contribution >= 4 is 17.6 Å². The summed E-state index contributed by atoms with van der Waals surface area (Å²) in [4.78, 5) is 23.9. The van der Waals surface area contributed by atoms with Crippen LogP contribution in [-0.4, -0.2) is 18.0 Å². The van der Waals surface area contributed by atoms with Crippen LogP contribution in [0.4, 0.5) is 10.5 Å². The van der Waals surface area contributed by atoms with Gasteiger partial charge < -0.3 is 16.0 Å². The van der Waals surface area contributed by atoms with Gasteiger partial charge in [0, 0.05) is 17.6 Å². The summed E-state index contributed by atoms with van der Waals surface area (Å²) in [6, 6.07) is 7.84. The van der Waals surface area contributed by atoms with Gasteiger partial charge in [-0.05, 0) is 50.3 Å². The Morgan fingerprint density at radius 2 is 1.67 bits per heavy atom. The first kappa shape index (κ1) is 16.8. The Balaban J connectivity index is 1.47. The zero-order valence-corrected chi connectivity index (χ0v) is 14.3. The smallest absolute Gasteiger partial charge is 0.315 e. The second-order valence-electron chi connectivity index (χ2n) is 7.06. The van der Waals surface area contributed by atoms with Crippen molar-refractivity contribution in [3.63, 3.8) is 0 Å². The zero-order valence-electron chi connectivity index (χ0n) is 14.3. The molecule has 0 bridgehead atoms. The summed E-state index contributed by atoms with van der Waals surface area (Å²) < 4.78 is 0. The van der Waals surface area contributed by atoms with Crippen molar-refractivity contribution < 1.29 is 9.59 Å². The van der Waals surface area contributed by atoms with Crippen molar-refractivity contribution in [2.75, 3.05) is 5.32 Å². The monoisotopic (exact) mass is 329 g/mol. The van der Waals surface area contributed by atoms with Crippen LogP contribution in [0.15, 0.2) is 24.3 Å². The Bertz CT molecular complexity index is 575. The van der Waals surface area contributed by atoms with E-state index in [1.54, 1.807) is 0 Å². The number of benzene rings is 1. The molecular weight excluding hydrogens is 302 g/mol. The minimum absolute atomic E-state index is 0.0678. The molecule has 2 saturated carbocycles. The lowest BCUT2D eigenvalue weighted by atomic mass is 9.96. The first-order valence-corrected chi connectivity index (χ1v) is 9.09. The van der Waals surface area contributed by atoms with Crippen LogP contribution in [-0.2, 0) is 4.79 Å². The van der Waals surface area contributed by atoms with Gasteiger partial charge in [0.2, 0.25) is 5.91 Å². The van der Waals surface area contributed by atoms with E-state index in [1.807, 2.05) is 31.2 Å². The molecule has 3 amide bonds. The molecular formula is C19H27N3O2. The van der Waals surface area contributed by atoms with Crippen LogP contribution in [0, 0.1) is 5.92 Å². The maximum atomic E-state index is 12.1. The molecule has 1 atom stereocenters. The SMILES string of the molecule is CC(NC(=O)NC1CCCCC1)c1ccc(NC(=O)C2CC2)cc1. The van der Waals surface area contributed by atoms with Crippen LogP contribution in [0.1, 0.15) is 63.5 Å². The van der Waals surface area contributed by atoms with Crippen LogP contribution in [0.25, 0.3) is 0 Å². The molecule has 0 aliphatic heterocycles. The zero-order chi connectivity index (χ0) is 16.9. The van der Waals surface area contributed by atoms with E-state index in [0.717, 1.165) is 36.9 Å². The lowest BCUT2D eigenvalue weighted by molar-refractivity contribution is -0.117. The first-order chi connectivity index (χ1) is 11.6. The van der Waals surface area contributed by atoms with Gasteiger partial charge in [-0.15, -0.1) is 0 Å². The molecule has 3 rings (SSSR count). The number of carbonyl (C=O) groups is 2. The normalized spacial score (nSPS) is 19.4. The van der Waals surface area contributed by atoms with E-state index in [0.29, 0.717) is 6.04 Å². The van der Waals surface area contributed by atoms with Crippen molar-refractivity contribution in [2.45, 2.75) is 64.0 Å². The fraction of sp³-hybridized carbons (Fsp3) is 0.579. The van der Waals surface area contributed by atoms with E-state index >= 15 is 0 Å². The summed E-state index contributed by atoms with van der Waals surface area (Å²) in [5.74, 6) is 0.314. The second kappa shape index (κ2) is 7.69. The fourth-order valence-electron chi connectivity index (χ4n) is 3.20. The highest BCUT2D eigenvalue weighted by atomic mass is 16.2. The van der Waals surface area contributed by atoms with Crippen molar-refractivity contribution in [1.29, 1.82) is 0 Å². The van der Waals surface area contributed by atoms with Gasteiger partial charge in [0.15, 0.2) is 0 Å². The molecule has 0 heterocycles. The molecule has 1 unspecified atom stereocenters. The summed E-state index contributed by atoms with van der Waals surface area (Å²) in [7, 11) is 0. The van der Waals surface area contributed by atoms with Crippen LogP contribution in [0.5, 0.6) is 0 Å². The summed E-state index contributed by atoms with van der Waals surface area (Å²) in [5, 5.41) is 8.99. The van der Waals surface area contributed by atoms with Gasteiger partial charge >= 0.3 is 6.03 Å². The third-order valence-electron chi connectivity index (χ3n) is 4.91. The van der Waals surface area contributed by atoms with Crippen molar-refractivity contribution in [3.05, 3.63) is 29.8 Å². The minimum Gasteiger partial charge on any atom is -0.335 e. The highest BCUT2D eigenvalue weighted by Crippen LogP contribution is 2.30. The van der Waals surface area contributed by atoms with Gasteiger partial charge in [0.25, 0.3) is 0 Å². The Hall–Kier alpha value is -2.04. The van der Waals surface area contributed by atoms with E-state index in [2.05, 4.69) is 16.0 Å². The molecule has 5 nitrogen and oxygen atoms in total. The number of hydrogen-bond donors (Lipinski definition) is 3. The second-order valence-corrected chi connectivity index (χ2v) is 7.06. The Kier molecular flexibility index (Phi) is 5.38. The molecule has 0 aromatic heterocycles. The van der Waals surface area contributed by atoms with Gasteiger partial charge in [0.05, 0.1) is 6.04 Å². The van der Waals surface area contributed by atoms with Gasteiger partial charge in [-0.2, -0.15) is 0 Å². The molecule has 1 aromatic rings. The highest BCUT2D eigenvalue weighted by molar-refractivity contribution is 5.94. The summed E-state index contributed by atoms with van der Waals surface area (Å²) in [6.07, 6.45) is 7.85. The molecule has 0 spiro atoms. The van der Waals surface area contributed by atoms with Gasteiger partial charge in [-0.25, -0.2) is 4.79 Å². The van der Waals surface area contributed by atoms with Crippen molar-refractivity contribution in [1.82, 2.24) is 10.6 Å². The molecule has 1 aromatic carbocycles. The molecule has 2 aliphatic carbocycles. The fourth-order valence-corrected chi connectivity index (χ4v) is 3.20. The van der Waals surface area contributed by atoms with Crippen LogP contribution >= 0.6 is 0 Å². The number of rotatable bonds is 5. The first-order valence-electron chi connectivity index (χ1n) is 9.09. The summed E-state index contributed by atoms with van der Waals surface area (Å²) >= 11 is 0. The Morgan fingerprint density at radius 1 is 1.00 bits per heavy atom. The van der Waals surface area contributed by atoms with Crippen molar-refractivity contribution in [3.8, 4) is 0 Å². The molecule has 3 N–H and O–H groups in total. The van der Waals surface area contributed by atoms with Gasteiger partial charge in [-0.3, -0.25) is 4.79 Å². The lowest BCUT2D eigenvalue weighted by Crippen LogP contribution is -2.43. The number of carbonyl (C=O) groups excluding carboxylic acids is 2. The standard InChI is InChI=1S/C19H27N3O2/c1-13(20-19(24)22-16-5-3-2-4-6-16)14-9-11-17(12-10-14)21-18(23)15-7-8-15/h9-13,15-16H,2-8H2,1H3,(H,21,23)(H2,20,22,24). The maximum Gasteiger partial charge on any atom is 0.315 e. The number of hydrogen-bond acceptors (Lipinski definition) is 2. The lowest BCUT2D eigenvalue weighted by Gasteiger charge is -2.24. The molecule has 5 heteroatoms. The number of urea groups is 1. The molecule has 0 radical (unpaired) electrons. The van der Waals surface area contributed by atoms with E-state index < -0.39 is 0 Å². The minimum atomic E-state index is -0.0967. The predicted molar refractivity (Wildman–Crippen MR) is 94.8 cm³/mol. The summed E-state index contributed by atoms with van der Waals surface area (Å²) in [6.45, 7) is 1.97. The average molecular weight is 329 g/mol. The van der Waals surface area contributed by atoms with E-state index in [1.165, 1.54) is 19.3 Å². The molecule has 24 heavy (non-hydrogen) atoms. The van der Waals surface area contributed by atoms with Crippen LogP contribution in [0.3, 0.4) is 0 Å². The molecule has 0 saturated heterocycles. The largest absolute Gasteiger partial charge is 0.335 e. The van der Waals surface area contributed by atoms with Crippen LogP contribution in [0.2, 0.25) is 0 Å².